The zero-order valence-corrected chi connectivity index (χ0v) is 20.8. The van der Waals surface area contributed by atoms with Gasteiger partial charge in [0.2, 0.25) is 5.91 Å². The van der Waals surface area contributed by atoms with E-state index >= 15 is 0 Å². The molecule has 0 aliphatic heterocycles. The van der Waals surface area contributed by atoms with Crippen LogP contribution in [-0.4, -0.2) is 62.6 Å². The number of aliphatic hydroxyl groups is 1. The van der Waals surface area contributed by atoms with Crippen LogP contribution < -0.4 is 10.6 Å². The van der Waals surface area contributed by atoms with Crippen LogP contribution in [0.15, 0.2) is 48.7 Å². The summed E-state index contributed by atoms with van der Waals surface area (Å²) < 4.78 is 14.3. The number of amides is 2. The van der Waals surface area contributed by atoms with Crippen LogP contribution >= 0.6 is 11.6 Å². The first-order chi connectivity index (χ1) is 17.6. The summed E-state index contributed by atoms with van der Waals surface area (Å²) in [7, 11) is 0. The van der Waals surface area contributed by atoms with E-state index in [1.807, 2.05) is 0 Å². The monoisotopic (exact) mass is 531 g/mol. The van der Waals surface area contributed by atoms with E-state index < -0.39 is 35.8 Å². The van der Waals surface area contributed by atoms with Crippen LogP contribution in [0.1, 0.15) is 35.8 Å². The fourth-order valence-corrected chi connectivity index (χ4v) is 4.20. The van der Waals surface area contributed by atoms with Crippen LogP contribution in [0.3, 0.4) is 0 Å². The zero-order chi connectivity index (χ0) is 27.0. The van der Waals surface area contributed by atoms with Gasteiger partial charge in [0.25, 0.3) is 5.91 Å². The van der Waals surface area contributed by atoms with E-state index in [4.69, 9.17) is 11.6 Å². The molecule has 2 atom stereocenters. The molecule has 37 heavy (non-hydrogen) atoms. The van der Waals surface area contributed by atoms with Crippen LogP contribution in [0.2, 0.25) is 5.02 Å². The number of aliphatic carboxylic acids is 1. The minimum Gasteiger partial charge on any atom is -0.481 e. The third kappa shape index (κ3) is 7.34. The minimum absolute atomic E-state index is 0.0349. The van der Waals surface area contributed by atoms with Crippen molar-refractivity contribution in [3.63, 3.8) is 0 Å². The Hall–Kier alpha value is -3.83. The summed E-state index contributed by atoms with van der Waals surface area (Å²) in [6, 6.07) is 10.4. The summed E-state index contributed by atoms with van der Waals surface area (Å²) in [5, 5.41) is 35.3. The smallest absolute Gasteiger partial charge is 0.312 e. The van der Waals surface area contributed by atoms with Crippen molar-refractivity contribution < 1.29 is 29.0 Å². The average Bonchev–Trinajstić information content (AvgIpc) is 3.40. The van der Waals surface area contributed by atoms with Gasteiger partial charge < -0.3 is 20.8 Å². The molecule has 0 aliphatic rings. The number of rotatable bonds is 12. The van der Waals surface area contributed by atoms with Crippen LogP contribution in [0.25, 0.3) is 11.1 Å². The normalized spacial score (nSPS) is 13.4. The maximum atomic E-state index is 14.3. The highest BCUT2D eigenvalue weighted by atomic mass is 35.5. The topological polar surface area (TPSA) is 157 Å². The molecule has 10 nitrogen and oxygen atoms in total. The van der Waals surface area contributed by atoms with Gasteiger partial charge in [0.1, 0.15) is 11.5 Å². The number of benzene rings is 2. The van der Waals surface area contributed by atoms with Gasteiger partial charge in [0.05, 0.1) is 18.2 Å². The van der Waals surface area contributed by atoms with Gasteiger partial charge in [0, 0.05) is 30.1 Å². The molecule has 0 bridgehead atoms. The first-order valence-electron chi connectivity index (χ1n) is 11.4. The number of carboxylic acid groups (broad SMARTS) is 1. The Morgan fingerprint density at radius 3 is 2.51 bits per heavy atom. The number of hydrogen-bond acceptors (Lipinski definition) is 6. The number of aliphatic hydroxyl groups excluding tert-OH is 1. The number of carbonyl (C=O) groups excluding carboxylic acids is 2. The van der Waals surface area contributed by atoms with Crippen molar-refractivity contribution in [2.45, 2.75) is 32.2 Å². The minimum atomic E-state index is -1.63. The lowest BCUT2D eigenvalue weighted by Crippen LogP contribution is -2.46. The molecule has 196 valence electrons. The molecule has 2 amide bonds. The van der Waals surface area contributed by atoms with Crippen molar-refractivity contribution in [3.8, 4) is 11.1 Å². The molecular formula is C25H27ClFN5O5. The molecule has 0 spiro atoms. The van der Waals surface area contributed by atoms with Crippen molar-refractivity contribution in [3.05, 3.63) is 70.8 Å². The van der Waals surface area contributed by atoms with Crippen molar-refractivity contribution >= 4 is 29.4 Å². The number of carbonyl (C=O) groups is 3. The lowest BCUT2D eigenvalue weighted by molar-refractivity contribution is -0.153. The molecule has 2 aromatic carbocycles. The van der Waals surface area contributed by atoms with Gasteiger partial charge in [-0.15, -0.1) is 5.10 Å². The summed E-state index contributed by atoms with van der Waals surface area (Å²) in [6.45, 7) is 0.641. The SMILES string of the molecule is CC(=O)NCC[C@](CO)(CC(Cc1ccc(-c2cc(Cl)ccc2F)cc1)NC(=O)c1cnn[nH]1)C(=O)O. The maximum absolute atomic E-state index is 14.3. The van der Waals surface area contributed by atoms with E-state index in [9.17, 15) is 29.0 Å². The Labute approximate surface area is 217 Å². The van der Waals surface area contributed by atoms with Crippen LogP contribution in [0.4, 0.5) is 4.39 Å². The molecule has 3 rings (SSSR count). The second-order valence-corrected chi connectivity index (χ2v) is 9.18. The highest BCUT2D eigenvalue weighted by Crippen LogP contribution is 2.30. The summed E-state index contributed by atoms with van der Waals surface area (Å²) in [5.41, 5.74) is 0.117. The molecular weight excluding hydrogens is 505 g/mol. The first kappa shape index (κ1) is 27.8. The molecule has 12 heteroatoms. The second kappa shape index (κ2) is 12.4. The van der Waals surface area contributed by atoms with E-state index in [2.05, 4.69) is 26.0 Å². The van der Waals surface area contributed by atoms with Crippen LogP contribution in [0, 0.1) is 11.2 Å². The molecule has 1 heterocycles. The van der Waals surface area contributed by atoms with Crippen molar-refractivity contribution in [1.29, 1.82) is 0 Å². The Kier molecular flexibility index (Phi) is 9.31. The van der Waals surface area contributed by atoms with Crippen LogP contribution in [0.5, 0.6) is 0 Å². The fourth-order valence-electron chi connectivity index (χ4n) is 4.03. The highest BCUT2D eigenvalue weighted by molar-refractivity contribution is 6.30. The first-order valence-corrected chi connectivity index (χ1v) is 11.8. The van der Waals surface area contributed by atoms with Gasteiger partial charge in [-0.25, -0.2) is 4.39 Å². The molecule has 1 unspecified atom stereocenters. The molecule has 0 saturated carbocycles. The molecule has 5 N–H and O–H groups in total. The third-order valence-corrected chi connectivity index (χ3v) is 6.28. The number of nitrogens with one attached hydrogen (secondary N) is 3. The number of aromatic nitrogens is 3. The average molecular weight is 532 g/mol. The van der Waals surface area contributed by atoms with E-state index in [-0.39, 0.29) is 37.4 Å². The maximum Gasteiger partial charge on any atom is 0.312 e. The molecule has 0 aliphatic carbocycles. The number of H-pyrrole nitrogens is 1. The fraction of sp³-hybridized carbons (Fsp3) is 0.320. The van der Waals surface area contributed by atoms with Crippen molar-refractivity contribution in [2.24, 2.45) is 5.41 Å². The summed E-state index contributed by atoms with van der Waals surface area (Å²) in [5.74, 6) is -2.56. The molecule has 3 aromatic rings. The number of aromatic amines is 1. The van der Waals surface area contributed by atoms with Crippen LogP contribution in [-0.2, 0) is 16.0 Å². The lowest BCUT2D eigenvalue weighted by Gasteiger charge is -2.32. The van der Waals surface area contributed by atoms with E-state index in [0.717, 1.165) is 5.56 Å². The Morgan fingerprint density at radius 1 is 1.19 bits per heavy atom. The molecule has 0 saturated heterocycles. The van der Waals surface area contributed by atoms with Gasteiger partial charge in [0.15, 0.2) is 0 Å². The van der Waals surface area contributed by atoms with Crippen molar-refractivity contribution in [1.82, 2.24) is 26.0 Å². The van der Waals surface area contributed by atoms with Gasteiger partial charge >= 0.3 is 5.97 Å². The van der Waals surface area contributed by atoms with E-state index in [0.29, 0.717) is 16.1 Å². The van der Waals surface area contributed by atoms with Crippen molar-refractivity contribution in [2.75, 3.05) is 13.2 Å². The number of halogens is 2. The number of carboxylic acids is 1. The predicted octanol–water partition coefficient (Wildman–Crippen LogP) is 2.58. The number of nitrogens with zero attached hydrogens (tertiary/aromatic N) is 2. The molecule has 1 aromatic heterocycles. The Bertz CT molecular complexity index is 1240. The largest absolute Gasteiger partial charge is 0.481 e. The predicted molar refractivity (Wildman–Crippen MR) is 133 cm³/mol. The Morgan fingerprint density at radius 2 is 1.92 bits per heavy atom. The van der Waals surface area contributed by atoms with Gasteiger partial charge in [-0.1, -0.05) is 41.1 Å². The summed E-state index contributed by atoms with van der Waals surface area (Å²) in [6.07, 6.45) is 1.26. The standard InChI is InChI=1S/C25H27ClFN5O5/c1-15(34)28-9-8-25(14-33,24(36)37)12-19(30-23(35)22-13-29-32-31-22)10-16-2-4-17(5-3-16)20-11-18(26)6-7-21(20)27/h2-7,11,13,19,33H,8-10,12,14H2,1H3,(H,28,34)(H,30,35)(H,36,37)(H,29,31,32)/t19?,25-/m1/s1. The lowest BCUT2D eigenvalue weighted by atomic mass is 9.78. The summed E-state index contributed by atoms with van der Waals surface area (Å²) >= 11 is 6.00. The highest BCUT2D eigenvalue weighted by Gasteiger charge is 2.40. The number of hydrogen-bond donors (Lipinski definition) is 5. The van der Waals surface area contributed by atoms with Gasteiger partial charge in [-0.3, -0.25) is 19.5 Å². The van der Waals surface area contributed by atoms with E-state index in [1.54, 1.807) is 24.3 Å². The van der Waals surface area contributed by atoms with Gasteiger partial charge in [-0.2, -0.15) is 0 Å². The van der Waals surface area contributed by atoms with E-state index in [1.165, 1.54) is 31.3 Å². The van der Waals surface area contributed by atoms with Gasteiger partial charge in [-0.05, 0) is 48.6 Å². The third-order valence-electron chi connectivity index (χ3n) is 6.04. The second-order valence-electron chi connectivity index (χ2n) is 8.75. The quantitative estimate of drug-likeness (QED) is 0.240. The molecule has 0 radical (unpaired) electrons. The molecule has 0 fully saturated rings. The summed E-state index contributed by atoms with van der Waals surface area (Å²) in [4.78, 5) is 36.2. The zero-order valence-electron chi connectivity index (χ0n) is 20.0. The Balaban J connectivity index is 1.86.